The first kappa shape index (κ1) is 15.4. The lowest BCUT2D eigenvalue weighted by molar-refractivity contribution is -0.385. The van der Waals surface area contributed by atoms with Crippen LogP contribution in [0.1, 0.15) is 0 Å². The molecule has 10 heteroatoms. The molecular weight excluding hydrogens is 436 g/mol. The molecule has 0 aliphatic rings. The second-order valence-corrected chi connectivity index (χ2v) is 8.09. The molecule has 0 unspecified atom stereocenters. The Bertz CT molecular complexity index is 773. The van der Waals surface area contributed by atoms with Crippen LogP contribution in [0.3, 0.4) is 0 Å². The Morgan fingerprint density at radius 3 is 2.45 bits per heavy atom. The van der Waals surface area contributed by atoms with E-state index in [9.17, 15) is 18.5 Å². The molecule has 20 heavy (non-hydrogen) atoms. The van der Waals surface area contributed by atoms with Gasteiger partial charge in [0, 0.05) is 10.5 Å². The molecule has 0 fully saturated rings. The Kier molecular flexibility index (Phi) is 4.47. The molecule has 0 bridgehead atoms. The van der Waals surface area contributed by atoms with Crippen LogP contribution in [-0.2, 0) is 10.0 Å². The van der Waals surface area contributed by atoms with E-state index in [-0.39, 0.29) is 20.1 Å². The van der Waals surface area contributed by atoms with Gasteiger partial charge in [-0.1, -0.05) is 0 Å². The number of rotatable bonds is 4. The maximum absolute atomic E-state index is 12.1. The van der Waals surface area contributed by atoms with Gasteiger partial charge in [-0.2, -0.15) is 0 Å². The van der Waals surface area contributed by atoms with Gasteiger partial charge in [0.2, 0.25) is 0 Å². The van der Waals surface area contributed by atoms with Gasteiger partial charge in [-0.25, -0.2) is 8.42 Å². The molecule has 0 spiro atoms. The Labute approximate surface area is 135 Å². The summed E-state index contributed by atoms with van der Waals surface area (Å²) in [6, 6.07) is 5.63. The number of benzene rings is 1. The van der Waals surface area contributed by atoms with Crippen molar-refractivity contribution in [2.75, 3.05) is 4.72 Å². The fourth-order valence-corrected chi connectivity index (χ4v) is 5.17. The average molecular weight is 442 g/mol. The standard InChI is InChI=1S/C10H6Br2N2O4S2/c11-7-2-1-6(5-9(7)14(15)16)13-20(17,18)10-8(12)3-4-19-10/h1-5,13H. The fourth-order valence-electron chi connectivity index (χ4n) is 1.39. The van der Waals surface area contributed by atoms with E-state index in [2.05, 4.69) is 36.6 Å². The summed E-state index contributed by atoms with van der Waals surface area (Å²) in [6.45, 7) is 0. The molecular formula is C10H6Br2N2O4S2. The van der Waals surface area contributed by atoms with E-state index in [0.29, 0.717) is 4.47 Å². The lowest BCUT2D eigenvalue weighted by Gasteiger charge is -2.07. The van der Waals surface area contributed by atoms with E-state index in [1.807, 2.05) is 0 Å². The van der Waals surface area contributed by atoms with Crippen molar-refractivity contribution in [1.82, 2.24) is 0 Å². The summed E-state index contributed by atoms with van der Waals surface area (Å²) in [5.74, 6) is 0. The number of nitro benzene ring substituents is 1. The second kappa shape index (κ2) is 5.80. The number of thiophene rings is 1. The Morgan fingerprint density at radius 2 is 1.90 bits per heavy atom. The molecule has 0 saturated carbocycles. The first-order chi connectivity index (χ1) is 9.31. The van der Waals surface area contributed by atoms with Gasteiger partial charge < -0.3 is 0 Å². The Hall–Kier alpha value is -0.970. The van der Waals surface area contributed by atoms with Crippen LogP contribution in [-0.4, -0.2) is 13.3 Å². The minimum atomic E-state index is -3.77. The zero-order chi connectivity index (χ0) is 14.9. The molecule has 1 aromatic heterocycles. The van der Waals surface area contributed by atoms with Gasteiger partial charge in [-0.05, 0) is 55.4 Å². The highest BCUT2D eigenvalue weighted by Crippen LogP contribution is 2.32. The third-order valence-corrected chi connectivity index (χ3v) is 6.95. The van der Waals surface area contributed by atoms with Crippen molar-refractivity contribution in [2.24, 2.45) is 0 Å². The zero-order valence-electron chi connectivity index (χ0n) is 9.54. The van der Waals surface area contributed by atoms with E-state index < -0.39 is 14.9 Å². The Morgan fingerprint density at radius 1 is 1.20 bits per heavy atom. The minimum Gasteiger partial charge on any atom is -0.279 e. The number of nitrogens with zero attached hydrogens (tertiary/aromatic N) is 1. The van der Waals surface area contributed by atoms with Gasteiger partial charge in [0.25, 0.3) is 15.7 Å². The quantitative estimate of drug-likeness (QED) is 0.573. The summed E-state index contributed by atoms with van der Waals surface area (Å²) in [7, 11) is -3.77. The van der Waals surface area contributed by atoms with E-state index in [1.165, 1.54) is 12.1 Å². The molecule has 0 atom stereocenters. The monoisotopic (exact) mass is 440 g/mol. The summed E-state index contributed by atoms with van der Waals surface area (Å²) >= 11 is 7.23. The Balaban J connectivity index is 2.38. The number of nitrogens with one attached hydrogen (secondary N) is 1. The average Bonchev–Trinajstić information content (AvgIpc) is 2.78. The van der Waals surface area contributed by atoms with Gasteiger partial charge in [-0.3, -0.25) is 14.8 Å². The molecule has 0 aliphatic heterocycles. The normalized spacial score (nSPS) is 11.3. The molecule has 1 N–H and O–H groups in total. The van der Waals surface area contributed by atoms with Crippen LogP contribution < -0.4 is 4.72 Å². The third kappa shape index (κ3) is 3.19. The first-order valence-corrected chi connectivity index (χ1v) is 8.96. The van der Waals surface area contributed by atoms with Crippen molar-refractivity contribution in [2.45, 2.75) is 4.21 Å². The van der Waals surface area contributed by atoms with Crippen LogP contribution in [0.15, 0.2) is 42.8 Å². The van der Waals surface area contributed by atoms with Crippen molar-refractivity contribution >= 4 is 64.6 Å². The molecule has 1 aromatic carbocycles. The fraction of sp³-hybridized carbons (Fsp3) is 0. The maximum Gasteiger partial charge on any atom is 0.285 e. The highest BCUT2D eigenvalue weighted by molar-refractivity contribution is 9.11. The van der Waals surface area contributed by atoms with Gasteiger partial charge >= 0.3 is 0 Å². The molecule has 1 heterocycles. The second-order valence-electron chi connectivity index (χ2n) is 3.58. The molecule has 2 aromatic rings. The van der Waals surface area contributed by atoms with Crippen molar-refractivity contribution in [3.05, 3.63) is 48.7 Å². The van der Waals surface area contributed by atoms with E-state index in [1.54, 1.807) is 11.4 Å². The van der Waals surface area contributed by atoms with Gasteiger partial charge in [0.05, 0.1) is 15.1 Å². The van der Waals surface area contributed by atoms with Gasteiger partial charge in [0.15, 0.2) is 4.21 Å². The van der Waals surface area contributed by atoms with Crippen molar-refractivity contribution in [3.63, 3.8) is 0 Å². The van der Waals surface area contributed by atoms with Crippen LogP contribution in [0.2, 0.25) is 0 Å². The molecule has 0 aliphatic carbocycles. The number of nitro groups is 1. The highest BCUT2D eigenvalue weighted by Gasteiger charge is 2.21. The number of anilines is 1. The van der Waals surface area contributed by atoms with Crippen LogP contribution in [0, 0.1) is 10.1 Å². The molecule has 106 valence electrons. The van der Waals surface area contributed by atoms with Crippen molar-refractivity contribution in [1.29, 1.82) is 0 Å². The van der Waals surface area contributed by atoms with Crippen LogP contribution in [0.5, 0.6) is 0 Å². The van der Waals surface area contributed by atoms with Gasteiger partial charge in [0.1, 0.15) is 0 Å². The van der Waals surface area contributed by atoms with Crippen LogP contribution >= 0.6 is 43.2 Å². The molecule has 0 radical (unpaired) electrons. The van der Waals surface area contributed by atoms with E-state index in [0.717, 1.165) is 17.4 Å². The topological polar surface area (TPSA) is 89.3 Å². The lowest BCUT2D eigenvalue weighted by Crippen LogP contribution is -2.12. The highest BCUT2D eigenvalue weighted by atomic mass is 79.9. The predicted molar refractivity (Wildman–Crippen MR) is 83.6 cm³/mol. The summed E-state index contributed by atoms with van der Waals surface area (Å²) in [6.07, 6.45) is 0. The first-order valence-electron chi connectivity index (χ1n) is 5.01. The predicted octanol–water partition coefficient (Wildman–Crippen LogP) is 3.98. The van der Waals surface area contributed by atoms with Crippen molar-refractivity contribution < 1.29 is 13.3 Å². The number of halogens is 2. The lowest BCUT2D eigenvalue weighted by atomic mass is 10.3. The van der Waals surface area contributed by atoms with Crippen molar-refractivity contribution in [3.8, 4) is 0 Å². The summed E-state index contributed by atoms with van der Waals surface area (Å²) < 4.78 is 27.4. The smallest absolute Gasteiger partial charge is 0.279 e. The van der Waals surface area contributed by atoms with E-state index in [4.69, 9.17) is 0 Å². The largest absolute Gasteiger partial charge is 0.285 e. The maximum atomic E-state index is 12.1. The van der Waals surface area contributed by atoms with Gasteiger partial charge in [-0.15, -0.1) is 11.3 Å². The molecule has 0 saturated heterocycles. The summed E-state index contributed by atoms with van der Waals surface area (Å²) in [5, 5.41) is 12.4. The van der Waals surface area contributed by atoms with Crippen LogP contribution in [0.25, 0.3) is 0 Å². The minimum absolute atomic E-state index is 0.114. The third-order valence-electron chi connectivity index (χ3n) is 2.22. The zero-order valence-corrected chi connectivity index (χ0v) is 14.3. The number of hydrogen-bond acceptors (Lipinski definition) is 5. The molecule has 6 nitrogen and oxygen atoms in total. The summed E-state index contributed by atoms with van der Waals surface area (Å²) in [4.78, 5) is 10.2. The number of hydrogen-bond donors (Lipinski definition) is 1. The van der Waals surface area contributed by atoms with E-state index >= 15 is 0 Å². The van der Waals surface area contributed by atoms with Crippen LogP contribution in [0.4, 0.5) is 11.4 Å². The molecule has 2 rings (SSSR count). The molecule has 0 amide bonds. The number of sulfonamides is 1. The SMILES string of the molecule is O=[N+]([O-])c1cc(NS(=O)(=O)c2sccc2Br)ccc1Br. The summed E-state index contributed by atoms with van der Waals surface area (Å²) in [5.41, 5.74) is -0.0874.